The summed E-state index contributed by atoms with van der Waals surface area (Å²) in [5, 5.41) is 21.3. The summed E-state index contributed by atoms with van der Waals surface area (Å²) in [6, 6.07) is 8.54. The van der Waals surface area contributed by atoms with E-state index in [0.717, 1.165) is 5.69 Å². The molecule has 1 aromatic heterocycles. The first-order chi connectivity index (χ1) is 10.6. The predicted octanol–water partition coefficient (Wildman–Crippen LogP) is 1.19. The minimum absolute atomic E-state index is 0.0945. The first kappa shape index (κ1) is 15.5. The molecule has 8 heteroatoms. The largest absolute Gasteiger partial charge is 0.352 e. The van der Waals surface area contributed by atoms with E-state index in [0.29, 0.717) is 24.6 Å². The van der Waals surface area contributed by atoms with E-state index in [9.17, 15) is 10.1 Å². The maximum absolute atomic E-state index is 11.0. The summed E-state index contributed by atoms with van der Waals surface area (Å²) < 4.78 is 1.77. The van der Waals surface area contributed by atoms with Gasteiger partial charge in [-0.3, -0.25) is 19.8 Å². The highest BCUT2D eigenvalue weighted by atomic mass is 16.6. The van der Waals surface area contributed by atoms with Gasteiger partial charge in [0.15, 0.2) is 5.96 Å². The van der Waals surface area contributed by atoms with Crippen molar-refractivity contribution in [2.24, 2.45) is 12.0 Å². The first-order valence-electron chi connectivity index (χ1n) is 6.75. The Morgan fingerprint density at radius 1 is 1.32 bits per heavy atom. The van der Waals surface area contributed by atoms with Crippen LogP contribution in [0.5, 0.6) is 0 Å². The van der Waals surface area contributed by atoms with Crippen LogP contribution in [0.25, 0.3) is 0 Å². The standard InChI is InChI=1S/C14H18N6O2/c1-15-14(17-10-12-7-8-18-19(12)2)16-9-11-5-3-4-6-13(11)20(21)22/h3-8H,9-10H2,1-2H3,(H2,15,16,17). The Morgan fingerprint density at radius 3 is 2.68 bits per heavy atom. The SMILES string of the molecule is CN=C(NCc1ccccc1[N+](=O)[O-])NCc1ccnn1C. The Bertz CT molecular complexity index is 679. The second-order valence-corrected chi connectivity index (χ2v) is 4.61. The van der Waals surface area contributed by atoms with Crippen LogP contribution < -0.4 is 10.6 Å². The Balaban J connectivity index is 1.95. The van der Waals surface area contributed by atoms with Gasteiger partial charge in [-0.15, -0.1) is 0 Å². The van der Waals surface area contributed by atoms with Gasteiger partial charge in [-0.25, -0.2) is 0 Å². The summed E-state index contributed by atoms with van der Waals surface area (Å²) in [6.45, 7) is 0.884. The van der Waals surface area contributed by atoms with Gasteiger partial charge in [-0.2, -0.15) is 5.10 Å². The van der Waals surface area contributed by atoms with Crippen molar-refractivity contribution in [3.8, 4) is 0 Å². The molecule has 8 nitrogen and oxygen atoms in total. The molecular formula is C14H18N6O2. The van der Waals surface area contributed by atoms with E-state index in [-0.39, 0.29) is 10.6 Å². The number of benzene rings is 1. The van der Waals surface area contributed by atoms with Gasteiger partial charge in [0.1, 0.15) is 0 Å². The van der Waals surface area contributed by atoms with Gasteiger partial charge in [0, 0.05) is 38.5 Å². The van der Waals surface area contributed by atoms with E-state index in [4.69, 9.17) is 0 Å². The van der Waals surface area contributed by atoms with Crippen molar-refractivity contribution < 1.29 is 4.92 Å². The molecule has 0 unspecified atom stereocenters. The van der Waals surface area contributed by atoms with Crippen molar-refractivity contribution in [3.05, 3.63) is 57.9 Å². The highest BCUT2D eigenvalue weighted by molar-refractivity contribution is 5.79. The second-order valence-electron chi connectivity index (χ2n) is 4.61. The van der Waals surface area contributed by atoms with Crippen LogP contribution in [0.15, 0.2) is 41.5 Å². The molecule has 2 N–H and O–H groups in total. The Hall–Kier alpha value is -2.90. The van der Waals surface area contributed by atoms with Crippen molar-refractivity contribution in [3.63, 3.8) is 0 Å². The summed E-state index contributed by atoms with van der Waals surface area (Å²) in [5.41, 5.74) is 1.71. The van der Waals surface area contributed by atoms with Crippen molar-refractivity contribution >= 4 is 11.6 Å². The number of nitro benzene ring substituents is 1. The Labute approximate surface area is 128 Å². The fraction of sp³-hybridized carbons (Fsp3) is 0.286. The minimum atomic E-state index is -0.386. The lowest BCUT2D eigenvalue weighted by molar-refractivity contribution is -0.385. The van der Waals surface area contributed by atoms with Gasteiger partial charge >= 0.3 is 0 Å². The second kappa shape index (κ2) is 7.21. The van der Waals surface area contributed by atoms with E-state index < -0.39 is 0 Å². The van der Waals surface area contributed by atoms with Crippen molar-refractivity contribution in [2.45, 2.75) is 13.1 Å². The molecule has 116 valence electrons. The molecule has 0 bridgehead atoms. The maximum atomic E-state index is 11.0. The van der Waals surface area contributed by atoms with Crippen molar-refractivity contribution in [2.75, 3.05) is 7.05 Å². The van der Waals surface area contributed by atoms with E-state index in [1.54, 1.807) is 36.1 Å². The Kier molecular flexibility index (Phi) is 5.07. The van der Waals surface area contributed by atoms with Gasteiger partial charge < -0.3 is 10.6 Å². The number of aliphatic imine (C=N–C) groups is 1. The molecular weight excluding hydrogens is 284 g/mol. The number of rotatable bonds is 5. The van der Waals surface area contributed by atoms with Gasteiger partial charge in [-0.05, 0) is 6.07 Å². The highest BCUT2D eigenvalue weighted by Crippen LogP contribution is 2.16. The van der Waals surface area contributed by atoms with Crippen LogP contribution in [0.2, 0.25) is 0 Å². The average molecular weight is 302 g/mol. The zero-order chi connectivity index (χ0) is 15.9. The number of hydrogen-bond acceptors (Lipinski definition) is 4. The number of nitro groups is 1. The molecule has 0 saturated heterocycles. The molecule has 1 aromatic carbocycles. The molecule has 0 aliphatic rings. The highest BCUT2D eigenvalue weighted by Gasteiger charge is 2.12. The molecule has 2 aromatic rings. The summed E-state index contributed by atoms with van der Waals surface area (Å²) in [4.78, 5) is 14.7. The van der Waals surface area contributed by atoms with Crippen LogP contribution in [-0.2, 0) is 20.1 Å². The molecule has 0 atom stereocenters. The van der Waals surface area contributed by atoms with E-state index in [2.05, 4.69) is 20.7 Å². The van der Waals surface area contributed by atoms with Crippen LogP contribution in [0, 0.1) is 10.1 Å². The van der Waals surface area contributed by atoms with E-state index >= 15 is 0 Å². The van der Waals surface area contributed by atoms with Gasteiger partial charge in [0.25, 0.3) is 5.69 Å². The first-order valence-corrected chi connectivity index (χ1v) is 6.75. The number of guanidine groups is 1. The topological polar surface area (TPSA) is 97.4 Å². The number of hydrogen-bond donors (Lipinski definition) is 2. The predicted molar refractivity (Wildman–Crippen MR) is 83.3 cm³/mol. The molecule has 0 saturated carbocycles. The number of nitrogens with zero attached hydrogens (tertiary/aromatic N) is 4. The number of aryl methyl sites for hydroxylation is 1. The number of nitrogens with one attached hydrogen (secondary N) is 2. The fourth-order valence-electron chi connectivity index (χ4n) is 1.99. The smallest absolute Gasteiger partial charge is 0.274 e. The zero-order valence-corrected chi connectivity index (χ0v) is 12.5. The summed E-state index contributed by atoms with van der Waals surface area (Å²) in [6.07, 6.45) is 1.72. The lowest BCUT2D eigenvalue weighted by Gasteiger charge is -2.12. The molecule has 0 aliphatic heterocycles. The summed E-state index contributed by atoms with van der Waals surface area (Å²) >= 11 is 0. The number of aromatic nitrogens is 2. The van der Waals surface area contributed by atoms with Crippen LogP contribution in [-0.4, -0.2) is 27.7 Å². The molecule has 0 fully saturated rings. The van der Waals surface area contributed by atoms with Crippen molar-refractivity contribution in [1.82, 2.24) is 20.4 Å². The average Bonchev–Trinajstić information content (AvgIpc) is 2.93. The molecule has 1 heterocycles. The fourth-order valence-corrected chi connectivity index (χ4v) is 1.99. The van der Waals surface area contributed by atoms with Crippen LogP contribution in [0.3, 0.4) is 0 Å². The lowest BCUT2D eigenvalue weighted by atomic mass is 10.2. The van der Waals surface area contributed by atoms with E-state index in [1.807, 2.05) is 13.1 Å². The third kappa shape index (κ3) is 3.81. The maximum Gasteiger partial charge on any atom is 0.274 e. The minimum Gasteiger partial charge on any atom is -0.352 e. The summed E-state index contributed by atoms with van der Waals surface area (Å²) in [7, 11) is 3.51. The van der Waals surface area contributed by atoms with Crippen molar-refractivity contribution in [1.29, 1.82) is 0 Å². The third-order valence-corrected chi connectivity index (χ3v) is 3.22. The van der Waals surface area contributed by atoms with Gasteiger partial charge in [0.05, 0.1) is 17.2 Å². The molecule has 0 amide bonds. The van der Waals surface area contributed by atoms with E-state index in [1.165, 1.54) is 6.07 Å². The third-order valence-electron chi connectivity index (χ3n) is 3.22. The molecule has 0 aliphatic carbocycles. The molecule has 22 heavy (non-hydrogen) atoms. The lowest BCUT2D eigenvalue weighted by Crippen LogP contribution is -2.36. The van der Waals surface area contributed by atoms with Crippen LogP contribution >= 0.6 is 0 Å². The number of para-hydroxylation sites is 1. The zero-order valence-electron chi connectivity index (χ0n) is 12.5. The van der Waals surface area contributed by atoms with Gasteiger partial charge in [0.2, 0.25) is 0 Å². The molecule has 0 radical (unpaired) electrons. The van der Waals surface area contributed by atoms with Crippen LogP contribution in [0.1, 0.15) is 11.3 Å². The summed E-state index contributed by atoms with van der Waals surface area (Å²) in [5.74, 6) is 0.569. The molecule has 2 rings (SSSR count). The van der Waals surface area contributed by atoms with Gasteiger partial charge in [-0.1, -0.05) is 18.2 Å². The monoisotopic (exact) mass is 302 g/mol. The Morgan fingerprint density at radius 2 is 2.05 bits per heavy atom. The molecule has 0 spiro atoms. The normalized spacial score (nSPS) is 11.3. The van der Waals surface area contributed by atoms with Crippen LogP contribution in [0.4, 0.5) is 5.69 Å². The quantitative estimate of drug-likeness (QED) is 0.374.